The lowest BCUT2D eigenvalue weighted by Gasteiger charge is -2.48. The molecule has 4 aliphatic rings. The van der Waals surface area contributed by atoms with Crippen LogP contribution in [0.2, 0.25) is 0 Å². The first-order valence-corrected chi connectivity index (χ1v) is 31.0. The van der Waals surface area contributed by atoms with E-state index < -0.39 is 0 Å². The lowest BCUT2D eigenvalue weighted by molar-refractivity contribution is 0.332. The van der Waals surface area contributed by atoms with Crippen LogP contribution in [0, 0.1) is 13.8 Å². The highest BCUT2D eigenvalue weighted by Crippen LogP contribution is 2.55. The van der Waals surface area contributed by atoms with Gasteiger partial charge in [0.2, 0.25) is 0 Å². The van der Waals surface area contributed by atoms with Gasteiger partial charge in [-0.3, -0.25) is 0 Å². The predicted molar refractivity (Wildman–Crippen MR) is 359 cm³/mol. The van der Waals surface area contributed by atoms with Crippen molar-refractivity contribution < 1.29 is 4.42 Å². The van der Waals surface area contributed by atoms with E-state index in [1.165, 1.54) is 113 Å². The summed E-state index contributed by atoms with van der Waals surface area (Å²) in [5.41, 5.74) is 28.7. The minimum absolute atomic E-state index is 0.00247. The Labute approximate surface area is 497 Å². The summed E-state index contributed by atoms with van der Waals surface area (Å²) in [6.45, 7) is 45.4. The molecule has 2 aliphatic heterocycles. The largest absolute Gasteiger partial charge is 0.456 e. The van der Waals surface area contributed by atoms with Crippen molar-refractivity contribution in [3.63, 3.8) is 0 Å². The highest BCUT2D eigenvalue weighted by Gasteiger charge is 2.48. The number of fused-ring (bicyclic) bond motifs is 9. The second-order valence-corrected chi connectivity index (χ2v) is 31.3. The van der Waals surface area contributed by atoms with E-state index in [0.29, 0.717) is 0 Å². The molecule has 0 N–H and O–H groups in total. The third kappa shape index (κ3) is 8.65. The molecule has 3 heterocycles. The molecule has 4 nitrogen and oxygen atoms in total. The Morgan fingerprint density at radius 1 is 0.446 bits per heavy atom. The van der Waals surface area contributed by atoms with Crippen molar-refractivity contribution >= 4 is 96.2 Å². The van der Waals surface area contributed by atoms with Gasteiger partial charge in [0.05, 0.1) is 11.1 Å². The molecule has 8 aromatic carbocycles. The van der Waals surface area contributed by atoms with E-state index >= 15 is 0 Å². The van der Waals surface area contributed by atoms with Crippen LogP contribution in [0.5, 0.6) is 0 Å². The molecule has 83 heavy (non-hydrogen) atoms. The van der Waals surface area contributed by atoms with E-state index in [-0.39, 0.29) is 44.6 Å². The maximum Gasteiger partial charge on any atom is 0.252 e. The zero-order chi connectivity index (χ0) is 59.0. The summed E-state index contributed by atoms with van der Waals surface area (Å²) in [6.07, 6.45) is 4.62. The smallest absolute Gasteiger partial charge is 0.252 e. The van der Waals surface area contributed by atoms with Gasteiger partial charge in [0.15, 0.2) is 0 Å². The van der Waals surface area contributed by atoms with Gasteiger partial charge in [-0.05, 0) is 205 Å². The van der Waals surface area contributed by atoms with Crippen LogP contribution in [0.25, 0.3) is 21.9 Å². The minimum atomic E-state index is -0.198. The number of hydrogen-bond acceptors (Lipinski definition) is 4. The Morgan fingerprint density at radius 3 is 1.66 bits per heavy atom. The summed E-state index contributed by atoms with van der Waals surface area (Å²) in [6, 6.07) is 55.2. The third-order valence-corrected chi connectivity index (χ3v) is 20.5. The van der Waals surface area contributed by atoms with Crippen molar-refractivity contribution in [2.24, 2.45) is 0 Å². The number of aryl methyl sites for hydroxylation is 2. The van der Waals surface area contributed by atoms with Crippen LogP contribution in [-0.2, 0) is 37.9 Å². The van der Waals surface area contributed by atoms with Gasteiger partial charge < -0.3 is 19.1 Å². The molecule has 0 saturated heterocycles. The van der Waals surface area contributed by atoms with Crippen LogP contribution >= 0.6 is 0 Å². The molecule has 0 atom stereocenters. The first-order valence-electron chi connectivity index (χ1n) is 31.0. The lowest BCUT2D eigenvalue weighted by Crippen LogP contribution is -2.62. The molecular weight excluding hydrogens is 1010 g/mol. The fourth-order valence-corrected chi connectivity index (χ4v) is 15.0. The van der Waals surface area contributed by atoms with Gasteiger partial charge in [0.1, 0.15) is 11.2 Å². The normalized spacial score (nSPS) is 17.5. The average Bonchev–Trinajstić information content (AvgIpc) is 1.17. The number of nitrogens with zero attached hydrogens (tertiary/aromatic N) is 3. The molecule has 424 valence electrons. The summed E-state index contributed by atoms with van der Waals surface area (Å²) in [4.78, 5) is 7.94. The number of rotatable bonds is 5. The molecule has 13 rings (SSSR count). The standard InChI is InChI=1S/C78H88BN3O/c1-47-24-20-22-26-61(47)80(62-34-28-49(40-48(62)2)72(3,4)5)52-30-33-59-64(44-52)82(63-35-32-55(74(9,10)11)71-69(63)53-25-21-23-27-68(53)83-71)67-42-50(73(6,7)8)41-66-70(67)79(59)60-45-57-58(78(18,19)39-38-77(57,16)17)46-65(60)81(66)51-29-31-54-56(43-51)76(14,15)37-36-75(54,12)13/h20-35,40-46H,36-39H2,1-19H3. The highest BCUT2D eigenvalue weighted by atomic mass is 16.3. The molecule has 2 aliphatic carbocycles. The Hall–Kier alpha value is -6.98. The van der Waals surface area contributed by atoms with Crippen molar-refractivity contribution in [3.05, 3.63) is 190 Å². The van der Waals surface area contributed by atoms with Crippen LogP contribution in [0.1, 0.15) is 193 Å². The monoisotopic (exact) mass is 1090 g/mol. The minimum Gasteiger partial charge on any atom is -0.456 e. The topological polar surface area (TPSA) is 22.9 Å². The van der Waals surface area contributed by atoms with Crippen molar-refractivity contribution in [1.29, 1.82) is 0 Å². The second kappa shape index (κ2) is 18.3. The van der Waals surface area contributed by atoms with Crippen LogP contribution in [0.3, 0.4) is 0 Å². The molecule has 0 radical (unpaired) electrons. The predicted octanol–water partition coefficient (Wildman–Crippen LogP) is 20.3. The summed E-state index contributed by atoms with van der Waals surface area (Å²) in [5, 5.41) is 2.27. The Morgan fingerprint density at radius 2 is 1.02 bits per heavy atom. The fraction of sp³-hybridized carbons (Fsp3) is 0.385. The van der Waals surface area contributed by atoms with Gasteiger partial charge in [-0.25, -0.2) is 0 Å². The van der Waals surface area contributed by atoms with Gasteiger partial charge in [0, 0.05) is 56.4 Å². The molecule has 0 saturated carbocycles. The van der Waals surface area contributed by atoms with E-state index in [1.807, 2.05) is 0 Å². The molecule has 0 fully saturated rings. The van der Waals surface area contributed by atoms with Crippen molar-refractivity contribution in [3.8, 4) is 0 Å². The van der Waals surface area contributed by atoms with Crippen LogP contribution < -0.4 is 31.1 Å². The van der Waals surface area contributed by atoms with Crippen LogP contribution in [0.4, 0.5) is 51.2 Å². The molecule has 5 heteroatoms. The molecule has 0 bridgehead atoms. The number of para-hydroxylation sites is 2. The number of benzene rings is 8. The van der Waals surface area contributed by atoms with Gasteiger partial charge in [-0.2, -0.15) is 0 Å². The Balaban J connectivity index is 1.19. The van der Waals surface area contributed by atoms with Crippen LogP contribution in [0.15, 0.2) is 144 Å². The fourth-order valence-electron chi connectivity index (χ4n) is 15.0. The van der Waals surface area contributed by atoms with E-state index in [1.54, 1.807) is 0 Å². The zero-order valence-electron chi connectivity index (χ0n) is 53.4. The SMILES string of the molecule is Cc1ccccc1N(c1ccc2c(c1)N(c1ccc(C(C)(C)C)c3oc4ccccc4c13)c1cc(C(C)(C)C)cc3c1B2c1cc2c(cc1N3c1ccc3c(c1)C(C)(C)CCC3(C)C)C(C)(C)CCC2(C)C)c1ccc(C(C)(C)C)cc1C. The van der Waals surface area contributed by atoms with Crippen molar-refractivity contribution in [1.82, 2.24) is 0 Å². The zero-order valence-corrected chi connectivity index (χ0v) is 53.4. The summed E-state index contributed by atoms with van der Waals surface area (Å²) < 4.78 is 7.15. The van der Waals surface area contributed by atoms with E-state index in [0.717, 1.165) is 52.6 Å². The average molecular weight is 1090 g/mol. The molecular formula is C78H88BN3O. The number of hydrogen-bond donors (Lipinski definition) is 0. The first kappa shape index (κ1) is 55.2. The molecule has 0 spiro atoms. The quantitative estimate of drug-likeness (QED) is 0.160. The van der Waals surface area contributed by atoms with E-state index in [2.05, 4.69) is 286 Å². The van der Waals surface area contributed by atoms with Crippen molar-refractivity contribution in [2.45, 2.75) is 195 Å². The Bertz CT molecular complexity index is 4160. The lowest BCUT2D eigenvalue weighted by atomic mass is 9.33. The maximum atomic E-state index is 7.15. The van der Waals surface area contributed by atoms with Gasteiger partial charge in [-0.15, -0.1) is 0 Å². The summed E-state index contributed by atoms with van der Waals surface area (Å²) in [7, 11) is 0. The van der Waals surface area contributed by atoms with Gasteiger partial charge in [-0.1, -0.05) is 190 Å². The van der Waals surface area contributed by atoms with E-state index in [4.69, 9.17) is 4.42 Å². The van der Waals surface area contributed by atoms with Crippen molar-refractivity contribution in [2.75, 3.05) is 14.7 Å². The summed E-state index contributed by atoms with van der Waals surface area (Å²) >= 11 is 0. The molecule has 0 amide bonds. The van der Waals surface area contributed by atoms with Gasteiger partial charge in [0.25, 0.3) is 6.71 Å². The molecule has 1 aromatic heterocycles. The third-order valence-electron chi connectivity index (χ3n) is 20.5. The maximum absolute atomic E-state index is 7.15. The number of furan rings is 1. The van der Waals surface area contributed by atoms with Crippen LogP contribution in [-0.4, -0.2) is 6.71 Å². The Kier molecular flexibility index (Phi) is 12.2. The second-order valence-electron chi connectivity index (χ2n) is 31.3. The summed E-state index contributed by atoms with van der Waals surface area (Å²) in [5.74, 6) is 0. The first-order chi connectivity index (χ1) is 38.9. The highest BCUT2D eigenvalue weighted by molar-refractivity contribution is 7.00. The van der Waals surface area contributed by atoms with E-state index in [9.17, 15) is 0 Å². The number of anilines is 9. The molecule has 0 unspecified atom stereocenters. The molecule has 9 aromatic rings. The van der Waals surface area contributed by atoms with Gasteiger partial charge >= 0.3 is 0 Å².